The summed E-state index contributed by atoms with van der Waals surface area (Å²) in [4.78, 5) is 49.8. The first-order chi connectivity index (χ1) is 17.2. The van der Waals surface area contributed by atoms with Gasteiger partial charge in [-0.15, -0.1) is 0 Å². The number of nitrogens with zero attached hydrogens (tertiary/aromatic N) is 2. The molecule has 1 atom stereocenters. The molecular formula is C27H23N3O6. The first kappa shape index (κ1) is 24.3. The SMILES string of the molecule is CCc1ccc(C2/C(=C(\O)c3ccc([N+](=O)[O-])cc3)C(=O)C(=O)N2c2cccc(NC(C)=O)c2)cc1. The number of amides is 2. The van der Waals surface area contributed by atoms with Crippen LogP contribution in [0.3, 0.4) is 0 Å². The molecule has 0 aromatic heterocycles. The van der Waals surface area contributed by atoms with Gasteiger partial charge in [0, 0.05) is 36.0 Å². The van der Waals surface area contributed by atoms with E-state index >= 15 is 0 Å². The topological polar surface area (TPSA) is 130 Å². The summed E-state index contributed by atoms with van der Waals surface area (Å²) < 4.78 is 0. The van der Waals surface area contributed by atoms with Gasteiger partial charge in [0.25, 0.3) is 17.4 Å². The molecule has 3 aromatic carbocycles. The predicted molar refractivity (Wildman–Crippen MR) is 134 cm³/mol. The number of hydrogen-bond acceptors (Lipinski definition) is 6. The molecule has 2 N–H and O–H groups in total. The number of non-ortho nitro benzene ring substituents is 1. The van der Waals surface area contributed by atoms with Gasteiger partial charge in [-0.25, -0.2) is 0 Å². The molecule has 1 saturated heterocycles. The number of aryl methyl sites for hydroxylation is 1. The highest BCUT2D eigenvalue weighted by Crippen LogP contribution is 2.42. The second-order valence-corrected chi connectivity index (χ2v) is 8.30. The molecule has 0 spiro atoms. The summed E-state index contributed by atoms with van der Waals surface area (Å²) >= 11 is 0. The molecule has 182 valence electrons. The Kier molecular flexibility index (Phi) is 6.64. The van der Waals surface area contributed by atoms with E-state index in [2.05, 4.69) is 5.32 Å². The van der Waals surface area contributed by atoms with Gasteiger partial charge in [0.05, 0.1) is 16.5 Å². The number of aliphatic hydroxyl groups excluding tert-OH is 1. The third kappa shape index (κ3) is 4.58. The Morgan fingerprint density at radius 1 is 1.06 bits per heavy atom. The molecule has 1 aliphatic heterocycles. The van der Waals surface area contributed by atoms with E-state index < -0.39 is 28.4 Å². The van der Waals surface area contributed by atoms with Crippen LogP contribution < -0.4 is 10.2 Å². The largest absolute Gasteiger partial charge is 0.507 e. The van der Waals surface area contributed by atoms with Gasteiger partial charge >= 0.3 is 0 Å². The third-order valence-corrected chi connectivity index (χ3v) is 5.94. The number of carbonyl (C=O) groups excluding carboxylic acids is 3. The fourth-order valence-electron chi connectivity index (χ4n) is 4.18. The molecule has 1 aliphatic rings. The van der Waals surface area contributed by atoms with Gasteiger partial charge in [-0.1, -0.05) is 37.3 Å². The molecule has 0 bridgehead atoms. The highest BCUT2D eigenvalue weighted by Gasteiger charge is 2.47. The monoisotopic (exact) mass is 485 g/mol. The number of carbonyl (C=O) groups is 3. The van der Waals surface area contributed by atoms with Crippen molar-refractivity contribution in [2.75, 3.05) is 10.2 Å². The maximum Gasteiger partial charge on any atom is 0.300 e. The molecule has 0 saturated carbocycles. The molecule has 0 aliphatic carbocycles. The summed E-state index contributed by atoms with van der Waals surface area (Å²) in [7, 11) is 0. The van der Waals surface area contributed by atoms with Gasteiger partial charge < -0.3 is 10.4 Å². The van der Waals surface area contributed by atoms with Crippen molar-refractivity contribution in [1.29, 1.82) is 0 Å². The number of nitro groups is 1. The molecule has 9 nitrogen and oxygen atoms in total. The number of Topliss-reactive ketones (excluding diaryl/α,β-unsaturated/α-hetero) is 1. The van der Waals surface area contributed by atoms with Crippen LogP contribution in [0.5, 0.6) is 0 Å². The number of nitrogens with one attached hydrogen (secondary N) is 1. The van der Waals surface area contributed by atoms with Crippen molar-refractivity contribution in [1.82, 2.24) is 0 Å². The van der Waals surface area contributed by atoms with E-state index in [-0.39, 0.29) is 22.7 Å². The van der Waals surface area contributed by atoms with E-state index in [1.54, 1.807) is 36.4 Å². The Hall–Kier alpha value is -4.79. The summed E-state index contributed by atoms with van der Waals surface area (Å²) in [6, 6.07) is 18.0. The van der Waals surface area contributed by atoms with E-state index in [0.29, 0.717) is 16.9 Å². The Bertz CT molecular complexity index is 1390. The van der Waals surface area contributed by atoms with Crippen molar-refractivity contribution in [3.05, 3.63) is 105 Å². The van der Waals surface area contributed by atoms with Crippen molar-refractivity contribution in [2.45, 2.75) is 26.3 Å². The van der Waals surface area contributed by atoms with Crippen LogP contribution in [0, 0.1) is 10.1 Å². The number of nitro benzene ring substituents is 1. The summed E-state index contributed by atoms with van der Waals surface area (Å²) in [5.41, 5.74) is 2.31. The summed E-state index contributed by atoms with van der Waals surface area (Å²) in [6.45, 7) is 3.36. The van der Waals surface area contributed by atoms with E-state index in [1.165, 1.54) is 36.1 Å². The van der Waals surface area contributed by atoms with E-state index in [4.69, 9.17) is 0 Å². The zero-order valence-corrected chi connectivity index (χ0v) is 19.6. The molecule has 2 amide bonds. The van der Waals surface area contributed by atoms with Crippen LogP contribution in [0.25, 0.3) is 5.76 Å². The predicted octanol–water partition coefficient (Wildman–Crippen LogP) is 4.74. The van der Waals surface area contributed by atoms with E-state index in [1.807, 2.05) is 19.1 Å². The number of hydrogen-bond donors (Lipinski definition) is 2. The van der Waals surface area contributed by atoms with Crippen LogP contribution in [0.15, 0.2) is 78.4 Å². The van der Waals surface area contributed by atoms with Crippen LogP contribution in [-0.4, -0.2) is 27.6 Å². The Morgan fingerprint density at radius 3 is 2.31 bits per heavy atom. The van der Waals surface area contributed by atoms with Gasteiger partial charge in [-0.3, -0.25) is 29.4 Å². The lowest BCUT2D eigenvalue weighted by Crippen LogP contribution is -2.29. The molecular weight excluding hydrogens is 462 g/mol. The second kappa shape index (κ2) is 9.83. The van der Waals surface area contributed by atoms with Crippen molar-refractivity contribution >= 4 is 40.4 Å². The second-order valence-electron chi connectivity index (χ2n) is 8.30. The van der Waals surface area contributed by atoms with Gasteiger partial charge in [-0.2, -0.15) is 0 Å². The van der Waals surface area contributed by atoms with Crippen molar-refractivity contribution < 1.29 is 24.4 Å². The number of aliphatic hydroxyl groups is 1. The molecule has 1 unspecified atom stereocenters. The smallest absolute Gasteiger partial charge is 0.300 e. The summed E-state index contributed by atoms with van der Waals surface area (Å²) in [5, 5.41) is 24.8. The first-order valence-electron chi connectivity index (χ1n) is 11.2. The minimum Gasteiger partial charge on any atom is -0.507 e. The van der Waals surface area contributed by atoms with Crippen LogP contribution in [-0.2, 0) is 20.8 Å². The lowest BCUT2D eigenvalue weighted by Gasteiger charge is -2.26. The molecule has 1 heterocycles. The summed E-state index contributed by atoms with van der Waals surface area (Å²) in [6.07, 6.45) is 0.794. The van der Waals surface area contributed by atoms with Gasteiger partial charge in [0.1, 0.15) is 5.76 Å². The Morgan fingerprint density at radius 2 is 1.72 bits per heavy atom. The molecule has 4 rings (SSSR count). The van der Waals surface area contributed by atoms with Crippen molar-refractivity contribution in [2.24, 2.45) is 0 Å². The number of benzene rings is 3. The average Bonchev–Trinajstić information content (AvgIpc) is 3.13. The molecule has 9 heteroatoms. The lowest BCUT2D eigenvalue weighted by atomic mass is 9.94. The van der Waals surface area contributed by atoms with Crippen molar-refractivity contribution in [3.8, 4) is 0 Å². The van der Waals surface area contributed by atoms with Gasteiger partial charge in [0.15, 0.2) is 0 Å². The minimum absolute atomic E-state index is 0.136. The van der Waals surface area contributed by atoms with Crippen LogP contribution in [0.4, 0.5) is 17.1 Å². The zero-order chi connectivity index (χ0) is 26.0. The minimum atomic E-state index is -0.960. The van der Waals surface area contributed by atoms with Crippen LogP contribution >= 0.6 is 0 Å². The molecule has 3 aromatic rings. The van der Waals surface area contributed by atoms with Crippen molar-refractivity contribution in [3.63, 3.8) is 0 Å². The van der Waals surface area contributed by atoms with E-state index in [0.717, 1.165) is 12.0 Å². The number of anilines is 2. The number of ketones is 1. The standard InChI is InChI=1S/C27H23N3O6/c1-3-17-7-9-18(10-8-17)24-23(25(32)19-11-13-21(14-12-19)30(35)36)26(33)27(34)29(24)22-6-4-5-20(15-22)28-16(2)31/h4-15,24,32H,3H2,1-2H3,(H,28,31)/b25-23+. The maximum atomic E-state index is 13.3. The molecule has 36 heavy (non-hydrogen) atoms. The quantitative estimate of drug-likeness (QED) is 0.171. The Labute approximate surface area is 206 Å². The Balaban J connectivity index is 1.89. The molecule has 1 fully saturated rings. The first-order valence-corrected chi connectivity index (χ1v) is 11.2. The average molecular weight is 485 g/mol. The maximum absolute atomic E-state index is 13.3. The highest BCUT2D eigenvalue weighted by molar-refractivity contribution is 6.51. The van der Waals surface area contributed by atoms with Gasteiger partial charge in [-0.05, 0) is 47.9 Å². The fourth-order valence-corrected chi connectivity index (χ4v) is 4.18. The van der Waals surface area contributed by atoms with Gasteiger partial charge in [0.2, 0.25) is 5.91 Å². The van der Waals surface area contributed by atoms with Crippen LogP contribution in [0.1, 0.15) is 36.6 Å². The zero-order valence-electron chi connectivity index (χ0n) is 19.6. The number of rotatable bonds is 6. The lowest BCUT2D eigenvalue weighted by molar-refractivity contribution is -0.384. The highest BCUT2D eigenvalue weighted by atomic mass is 16.6. The summed E-state index contributed by atoms with van der Waals surface area (Å²) in [5.74, 6) is -2.46. The van der Waals surface area contributed by atoms with Crippen LogP contribution in [0.2, 0.25) is 0 Å². The fraction of sp³-hybridized carbons (Fsp3) is 0.148. The third-order valence-electron chi connectivity index (χ3n) is 5.94. The van der Waals surface area contributed by atoms with E-state index in [9.17, 15) is 29.6 Å². The normalized spacial score (nSPS) is 16.7. The molecule has 0 radical (unpaired) electrons.